The number of carbonyl (C=O) groups excluding carboxylic acids is 1. The van der Waals surface area contributed by atoms with Crippen LogP contribution in [-0.4, -0.2) is 32.7 Å². The Balaban J connectivity index is 2.62. The van der Waals surface area contributed by atoms with Crippen molar-refractivity contribution in [2.75, 3.05) is 12.3 Å². The molecule has 0 saturated heterocycles. The van der Waals surface area contributed by atoms with E-state index in [0.717, 1.165) is 12.8 Å². The van der Waals surface area contributed by atoms with E-state index in [-0.39, 0.29) is 41.5 Å². The summed E-state index contributed by atoms with van der Waals surface area (Å²) in [6.45, 7) is 6.21. The van der Waals surface area contributed by atoms with E-state index in [9.17, 15) is 13.2 Å². The molecule has 5 N–H and O–H groups in total. The van der Waals surface area contributed by atoms with E-state index < -0.39 is 10.0 Å². The second-order valence-electron chi connectivity index (χ2n) is 6.06. The molecular weight excluding hydrogens is 266 g/mol. The molecule has 3 atom stereocenters. The number of amides is 1. The van der Waals surface area contributed by atoms with E-state index in [1.807, 2.05) is 13.8 Å². The number of hydrogen-bond donors (Lipinski definition) is 3. The highest BCUT2D eigenvalue weighted by atomic mass is 32.2. The standard InChI is InChI=1S/C12H25N3O3S/c1-8-10(13)5-4-9(12(8,2)3)11(16)15-6-7-19(14,17)18/h8-10H,4-7,13H2,1-3H3,(H,15,16)(H2,14,17,18). The molecule has 7 heteroatoms. The number of sulfonamides is 1. The van der Waals surface area contributed by atoms with Gasteiger partial charge < -0.3 is 11.1 Å². The second-order valence-corrected chi connectivity index (χ2v) is 7.80. The van der Waals surface area contributed by atoms with E-state index in [0.29, 0.717) is 0 Å². The second kappa shape index (κ2) is 5.76. The average Bonchev–Trinajstić information content (AvgIpc) is 2.24. The van der Waals surface area contributed by atoms with E-state index in [1.54, 1.807) is 0 Å². The van der Waals surface area contributed by atoms with E-state index >= 15 is 0 Å². The lowest BCUT2D eigenvalue weighted by Crippen LogP contribution is -2.52. The monoisotopic (exact) mass is 291 g/mol. The van der Waals surface area contributed by atoms with Crippen LogP contribution in [0.3, 0.4) is 0 Å². The van der Waals surface area contributed by atoms with Crippen molar-refractivity contribution in [3.8, 4) is 0 Å². The molecular formula is C12H25N3O3S. The van der Waals surface area contributed by atoms with E-state index in [2.05, 4.69) is 12.2 Å². The summed E-state index contributed by atoms with van der Waals surface area (Å²) in [4.78, 5) is 12.2. The zero-order valence-electron chi connectivity index (χ0n) is 11.8. The van der Waals surface area contributed by atoms with Gasteiger partial charge in [0.1, 0.15) is 0 Å². The smallest absolute Gasteiger partial charge is 0.223 e. The Kier molecular flexibility index (Phi) is 4.97. The quantitative estimate of drug-likeness (QED) is 0.664. The van der Waals surface area contributed by atoms with Gasteiger partial charge in [0.05, 0.1) is 5.75 Å². The fraction of sp³-hybridized carbons (Fsp3) is 0.917. The van der Waals surface area contributed by atoms with Gasteiger partial charge in [0.2, 0.25) is 15.9 Å². The fourth-order valence-electron chi connectivity index (χ4n) is 2.76. The SMILES string of the molecule is CC1C(N)CCC(C(=O)NCCS(N)(=O)=O)C1(C)C. The van der Waals surface area contributed by atoms with Crippen LogP contribution in [0.1, 0.15) is 33.6 Å². The predicted octanol–water partition coefficient (Wildman–Crippen LogP) is -0.209. The molecule has 19 heavy (non-hydrogen) atoms. The van der Waals surface area contributed by atoms with Gasteiger partial charge in [-0.2, -0.15) is 0 Å². The molecule has 3 unspecified atom stereocenters. The lowest BCUT2D eigenvalue weighted by atomic mass is 9.61. The first kappa shape index (κ1) is 16.4. The van der Waals surface area contributed by atoms with Gasteiger partial charge in [-0.3, -0.25) is 4.79 Å². The summed E-state index contributed by atoms with van der Waals surface area (Å²) in [5, 5.41) is 7.56. The molecule has 1 aliphatic carbocycles. The molecule has 0 aliphatic heterocycles. The van der Waals surface area contributed by atoms with Crippen LogP contribution < -0.4 is 16.2 Å². The number of nitrogens with two attached hydrogens (primary N) is 2. The number of carbonyl (C=O) groups is 1. The van der Waals surface area contributed by atoms with Crippen LogP contribution in [0.15, 0.2) is 0 Å². The normalized spacial score (nSPS) is 30.9. The molecule has 0 spiro atoms. The maximum absolute atomic E-state index is 12.2. The van der Waals surface area contributed by atoms with Crippen LogP contribution in [0.25, 0.3) is 0 Å². The van der Waals surface area contributed by atoms with Gasteiger partial charge in [0.15, 0.2) is 0 Å². The highest BCUT2D eigenvalue weighted by Crippen LogP contribution is 2.44. The number of hydrogen-bond acceptors (Lipinski definition) is 4. The minimum absolute atomic E-state index is 0.0602. The Morgan fingerprint density at radius 2 is 1.95 bits per heavy atom. The first-order valence-corrected chi connectivity index (χ1v) is 8.31. The van der Waals surface area contributed by atoms with Crippen LogP contribution in [0.5, 0.6) is 0 Å². The highest BCUT2D eigenvalue weighted by molar-refractivity contribution is 7.89. The fourth-order valence-corrected chi connectivity index (χ4v) is 3.15. The zero-order valence-corrected chi connectivity index (χ0v) is 12.7. The third-order valence-electron chi connectivity index (χ3n) is 4.50. The molecule has 0 aromatic carbocycles. The Morgan fingerprint density at radius 3 is 2.47 bits per heavy atom. The first-order valence-electron chi connectivity index (χ1n) is 6.59. The summed E-state index contributed by atoms with van der Waals surface area (Å²) in [5.74, 6) is -0.230. The van der Waals surface area contributed by atoms with Crippen LogP contribution in [0.4, 0.5) is 0 Å². The average molecular weight is 291 g/mol. The summed E-state index contributed by atoms with van der Waals surface area (Å²) in [5.41, 5.74) is 5.85. The summed E-state index contributed by atoms with van der Waals surface area (Å²) in [7, 11) is -3.53. The van der Waals surface area contributed by atoms with Crippen molar-refractivity contribution in [1.82, 2.24) is 5.32 Å². The van der Waals surface area contributed by atoms with Crippen molar-refractivity contribution in [2.45, 2.75) is 39.7 Å². The van der Waals surface area contributed by atoms with Crippen molar-refractivity contribution in [2.24, 2.45) is 28.1 Å². The van der Waals surface area contributed by atoms with Crippen molar-refractivity contribution in [3.05, 3.63) is 0 Å². The zero-order chi connectivity index (χ0) is 14.8. The highest BCUT2D eigenvalue weighted by Gasteiger charge is 2.44. The molecule has 1 saturated carbocycles. The molecule has 112 valence electrons. The summed E-state index contributed by atoms with van der Waals surface area (Å²) in [6.07, 6.45) is 1.55. The van der Waals surface area contributed by atoms with Gasteiger partial charge in [-0.25, -0.2) is 13.6 Å². The van der Waals surface area contributed by atoms with Crippen molar-refractivity contribution < 1.29 is 13.2 Å². The third-order valence-corrected chi connectivity index (χ3v) is 5.28. The van der Waals surface area contributed by atoms with Gasteiger partial charge in [0, 0.05) is 18.5 Å². The van der Waals surface area contributed by atoms with Crippen LogP contribution in [0.2, 0.25) is 0 Å². The largest absolute Gasteiger partial charge is 0.355 e. The topological polar surface area (TPSA) is 115 Å². The minimum atomic E-state index is -3.53. The Bertz CT molecular complexity index is 434. The molecule has 0 radical (unpaired) electrons. The van der Waals surface area contributed by atoms with Gasteiger partial charge in [-0.05, 0) is 24.2 Å². The van der Waals surface area contributed by atoms with Crippen LogP contribution in [0, 0.1) is 17.3 Å². The molecule has 0 bridgehead atoms. The van der Waals surface area contributed by atoms with Gasteiger partial charge in [0.25, 0.3) is 0 Å². The Hall–Kier alpha value is -0.660. The minimum Gasteiger partial charge on any atom is -0.355 e. The third kappa shape index (κ3) is 4.15. The Morgan fingerprint density at radius 1 is 1.37 bits per heavy atom. The number of rotatable bonds is 4. The van der Waals surface area contributed by atoms with Gasteiger partial charge in [-0.1, -0.05) is 20.8 Å². The summed E-state index contributed by atoms with van der Waals surface area (Å²) < 4.78 is 21.6. The van der Waals surface area contributed by atoms with E-state index in [4.69, 9.17) is 10.9 Å². The number of nitrogens with one attached hydrogen (secondary N) is 1. The molecule has 6 nitrogen and oxygen atoms in total. The van der Waals surface area contributed by atoms with Crippen molar-refractivity contribution in [1.29, 1.82) is 0 Å². The summed E-state index contributed by atoms with van der Waals surface area (Å²) >= 11 is 0. The molecule has 1 amide bonds. The van der Waals surface area contributed by atoms with Crippen molar-refractivity contribution >= 4 is 15.9 Å². The molecule has 0 heterocycles. The molecule has 1 aliphatic rings. The van der Waals surface area contributed by atoms with E-state index in [1.165, 1.54) is 0 Å². The molecule has 0 aromatic rings. The van der Waals surface area contributed by atoms with Crippen LogP contribution in [-0.2, 0) is 14.8 Å². The lowest BCUT2D eigenvalue weighted by Gasteiger charge is -2.46. The first-order chi connectivity index (χ1) is 8.55. The predicted molar refractivity (Wildman–Crippen MR) is 74.6 cm³/mol. The van der Waals surface area contributed by atoms with Crippen molar-refractivity contribution in [3.63, 3.8) is 0 Å². The maximum atomic E-state index is 12.2. The van der Waals surface area contributed by atoms with Crippen LogP contribution >= 0.6 is 0 Å². The maximum Gasteiger partial charge on any atom is 0.223 e. The van der Waals surface area contributed by atoms with Gasteiger partial charge in [-0.15, -0.1) is 0 Å². The molecule has 1 fully saturated rings. The van der Waals surface area contributed by atoms with Gasteiger partial charge >= 0.3 is 0 Å². The Labute approximate surface area is 115 Å². The summed E-state index contributed by atoms with van der Waals surface area (Å²) in [6, 6.07) is 0.114. The molecule has 1 rings (SSSR count). The molecule has 0 aromatic heterocycles. The number of primary sulfonamides is 1. The lowest BCUT2D eigenvalue weighted by molar-refractivity contribution is -0.132.